The zero-order chi connectivity index (χ0) is 13.8. The lowest BCUT2D eigenvalue weighted by molar-refractivity contribution is -0.0314. The van der Waals surface area contributed by atoms with Gasteiger partial charge in [0.2, 0.25) is 0 Å². The maximum atomic E-state index is 5.68. The van der Waals surface area contributed by atoms with Gasteiger partial charge in [0.15, 0.2) is 0 Å². The fraction of sp³-hybridized carbons (Fsp3) is 1.00. The molecular weight excluding hydrogens is 224 g/mol. The van der Waals surface area contributed by atoms with Gasteiger partial charge in [-0.3, -0.25) is 4.90 Å². The van der Waals surface area contributed by atoms with E-state index in [-0.39, 0.29) is 5.60 Å². The number of nitrogens with one attached hydrogen (secondary N) is 1. The second-order valence-electron chi connectivity index (χ2n) is 6.24. The van der Waals surface area contributed by atoms with Gasteiger partial charge in [-0.1, -0.05) is 13.3 Å². The number of hydrogen-bond acceptors (Lipinski definition) is 3. The Morgan fingerprint density at radius 2 is 1.83 bits per heavy atom. The van der Waals surface area contributed by atoms with Crippen LogP contribution in [0, 0.1) is 0 Å². The summed E-state index contributed by atoms with van der Waals surface area (Å²) in [5.74, 6) is 0. The van der Waals surface area contributed by atoms with Crippen molar-refractivity contribution in [2.45, 2.75) is 77.6 Å². The Morgan fingerprint density at radius 3 is 2.28 bits per heavy atom. The average molecular weight is 256 g/mol. The van der Waals surface area contributed by atoms with Gasteiger partial charge in [0.1, 0.15) is 0 Å². The molecule has 0 aliphatic carbocycles. The molecule has 3 nitrogen and oxygen atoms in total. The summed E-state index contributed by atoms with van der Waals surface area (Å²) < 4.78 is 5.68. The van der Waals surface area contributed by atoms with Gasteiger partial charge in [-0.05, 0) is 47.1 Å². The highest BCUT2D eigenvalue weighted by molar-refractivity contribution is 4.91. The van der Waals surface area contributed by atoms with Gasteiger partial charge >= 0.3 is 0 Å². The average Bonchev–Trinajstić information content (AvgIpc) is 2.32. The monoisotopic (exact) mass is 256 g/mol. The van der Waals surface area contributed by atoms with Crippen molar-refractivity contribution in [2.24, 2.45) is 0 Å². The molecule has 0 spiro atoms. The summed E-state index contributed by atoms with van der Waals surface area (Å²) in [7, 11) is 1.81. The third kappa shape index (κ3) is 3.94. The molecular formula is C15H32N2O. The lowest BCUT2D eigenvalue weighted by atomic mass is 9.92. The van der Waals surface area contributed by atoms with Crippen LogP contribution >= 0.6 is 0 Å². The highest BCUT2D eigenvalue weighted by Crippen LogP contribution is 2.25. The topological polar surface area (TPSA) is 24.5 Å². The predicted molar refractivity (Wildman–Crippen MR) is 78.0 cm³/mol. The molecule has 3 heteroatoms. The van der Waals surface area contributed by atoms with Crippen molar-refractivity contribution in [3.05, 3.63) is 0 Å². The standard InChI is InChI=1S/C15H32N2O/c1-7-16-14(15(4,5)18-6)11-17-12(2)9-8-10-13(17)3/h12-14,16H,7-11H2,1-6H3/t12-,13+,14?. The minimum Gasteiger partial charge on any atom is -0.377 e. The van der Waals surface area contributed by atoms with E-state index in [0.717, 1.165) is 13.1 Å². The van der Waals surface area contributed by atoms with E-state index < -0.39 is 0 Å². The molecule has 1 N–H and O–H groups in total. The molecule has 0 aromatic carbocycles. The van der Waals surface area contributed by atoms with Gasteiger partial charge in [0, 0.05) is 31.8 Å². The van der Waals surface area contributed by atoms with Crippen molar-refractivity contribution in [3.8, 4) is 0 Å². The highest BCUT2D eigenvalue weighted by Gasteiger charge is 2.34. The van der Waals surface area contributed by atoms with Crippen LogP contribution < -0.4 is 5.32 Å². The van der Waals surface area contributed by atoms with E-state index >= 15 is 0 Å². The lowest BCUT2D eigenvalue weighted by Gasteiger charge is -2.44. The van der Waals surface area contributed by atoms with Crippen LogP contribution in [-0.2, 0) is 4.74 Å². The first-order valence-corrected chi connectivity index (χ1v) is 7.46. The predicted octanol–water partition coefficient (Wildman–Crippen LogP) is 2.65. The van der Waals surface area contributed by atoms with Gasteiger partial charge in [-0.2, -0.15) is 0 Å². The van der Waals surface area contributed by atoms with Crippen LogP contribution in [0.15, 0.2) is 0 Å². The Hall–Kier alpha value is -0.120. The maximum absolute atomic E-state index is 5.68. The molecule has 1 saturated heterocycles. The van der Waals surface area contributed by atoms with Crippen LogP contribution in [0.4, 0.5) is 0 Å². The van der Waals surface area contributed by atoms with Gasteiger partial charge in [0.05, 0.1) is 5.60 Å². The maximum Gasteiger partial charge on any atom is 0.0787 e. The summed E-state index contributed by atoms with van der Waals surface area (Å²) >= 11 is 0. The Balaban J connectivity index is 2.69. The smallest absolute Gasteiger partial charge is 0.0787 e. The van der Waals surface area contributed by atoms with Crippen molar-refractivity contribution >= 4 is 0 Å². The first kappa shape index (κ1) is 15.9. The Labute approximate surface area is 113 Å². The van der Waals surface area contributed by atoms with Crippen LogP contribution in [0.1, 0.15) is 53.9 Å². The van der Waals surface area contributed by atoms with E-state index in [1.807, 2.05) is 7.11 Å². The minimum absolute atomic E-state index is 0.118. The van der Waals surface area contributed by atoms with Crippen molar-refractivity contribution in [2.75, 3.05) is 20.2 Å². The van der Waals surface area contributed by atoms with Crippen molar-refractivity contribution in [1.82, 2.24) is 10.2 Å². The number of methoxy groups -OCH3 is 1. The molecule has 0 bridgehead atoms. The molecule has 0 saturated carbocycles. The van der Waals surface area contributed by atoms with Crippen molar-refractivity contribution in [3.63, 3.8) is 0 Å². The zero-order valence-electron chi connectivity index (χ0n) is 13.1. The van der Waals surface area contributed by atoms with Crippen LogP contribution in [0.2, 0.25) is 0 Å². The summed E-state index contributed by atoms with van der Waals surface area (Å²) in [6, 6.07) is 1.78. The summed E-state index contributed by atoms with van der Waals surface area (Å²) in [6.45, 7) is 13.3. The van der Waals surface area contributed by atoms with Crippen molar-refractivity contribution < 1.29 is 4.74 Å². The second-order valence-corrected chi connectivity index (χ2v) is 6.24. The summed E-state index contributed by atoms with van der Waals surface area (Å²) in [4.78, 5) is 2.65. The quantitative estimate of drug-likeness (QED) is 0.791. The van der Waals surface area contributed by atoms with E-state index in [1.54, 1.807) is 0 Å². The van der Waals surface area contributed by atoms with Gasteiger partial charge < -0.3 is 10.1 Å². The molecule has 1 unspecified atom stereocenters. The Kier molecular flexibility index (Phi) is 6.09. The van der Waals surface area contributed by atoms with Crippen LogP contribution in [0.3, 0.4) is 0 Å². The molecule has 1 rings (SSSR count). The van der Waals surface area contributed by atoms with Crippen molar-refractivity contribution in [1.29, 1.82) is 0 Å². The molecule has 0 amide bonds. The molecule has 1 fully saturated rings. The number of likely N-dealkylation sites (N-methyl/N-ethyl adjacent to an activating group) is 1. The van der Waals surface area contributed by atoms with E-state index in [1.165, 1.54) is 19.3 Å². The Bertz CT molecular complexity index is 233. The molecule has 1 aliphatic rings. The number of nitrogens with zero attached hydrogens (tertiary/aromatic N) is 1. The van der Waals surface area contributed by atoms with Gasteiger partial charge in [-0.25, -0.2) is 0 Å². The molecule has 1 aliphatic heterocycles. The fourth-order valence-corrected chi connectivity index (χ4v) is 2.96. The van der Waals surface area contributed by atoms with Crippen LogP contribution in [0.5, 0.6) is 0 Å². The van der Waals surface area contributed by atoms with E-state index in [0.29, 0.717) is 18.1 Å². The third-order valence-electron chi connectivity index (χ3n) is 4.59. The zero-order valence-corrected chi connectivity index (χ0v) is 13.1. The molecule has 0 aromatic rings. The van der Waals surface area contributed by atoms with Crippen LogP contribution in [-0.4, -0.2) is 48.8 Å². The summed E-state index contributed by atoms with van der Waals surface area (Å²) in [6.07, 6.45) is 4.03. The van der Waals surface area contributed by atoms with Crippen LogP contribution in [0.25, 0.3) is 0 Å². The number of piperidine rings is 1. The molecule has 108 valence electrons. The highest BCUT2D eigenvalue weighted by atomic mass is 16.5. The number of hydrogen-bond donors (Lipinski definition) is 1. The summed E-state index contributed by atoms with van der Waals surface area (Å²) in [5, 5.41) is 3.60. The number of likely N-dealkylation sites (tertiary alicyclic amines) is 1. The Morgan fingerprint density at radius 1 is 1.28 bits per heavy atom. The second kappa shape index (κ2) is 6.88. The molecule has 0 aromatic heterocycles. The molecule has 0 radical (unpaired) electrons. The van der Waals surface area contributed by atoms with E-state index in [2.05, 4.69) is 44.8 Å². The number of rotatable bonds is 6. The fourth-order valence-electron chi connectivity index (χ4n) is 2.96. The first-order chi connectivity index (χ1) is 8.42. The van der Waals surface area contributed by atoms with Gasteiger partial charge in [-0.15, -0.1) is 0 Å². The van der Waals surface area contributed by atoms with E-state index in [9.17, 15) is 0 Å². The van der Waals surface area contributed by atoms with E-state index in [4.69, 9.17) is 4.74 Å². The first-order valence-electron chi connectivity index (χ1n) is 7.46. The molecule has 1 heterocycles. The SMILES string of the molecule is CCNC(CN1[C@H](C)CCC[C@@H]1C)C(C)(C)OC. The van der Waals surface area contributed by atoms with Gasteiger partial charge in [0.25, 0.3) is 0 Å². The molecule has 18 heavy (non-hydrogen) atoms. The molecule has 3 atom stereocenters. The largest absolute Gasteiger partial charge is 0.377 e. The number of ether oxygens (including phenoxy) is 1. The normalized spacial score (nSPS) is 28.3. The third-order valence-corrected chi connectivity index (χ3v) is 4.59. The summed E-state index contributed by atoms with van der Waals surface area (Å²) in [5.41, 5.74) is -0.118. The minimum atomic E-state index is -0.118. The lowest BCUT2D eigenvalue weighted by Crippen LogP contribution is -2.57.